The molecule has 1 aromatic carbocycles. The first-order valence-electron chi connectivity index (χ1n) is 5.09. The Morgan fingerprint density at radius 3 is 3.00 bits per heavy atom. The SMILES string of the molecule is COc1ccc(C=O)c(C#CCCN=[N+]=[N-])c1O. The maximum Gasteiger partial charge on any atom is 0.174 e. The van der Waals surface area contributed by atoms with Crippen molar-refractivity contribution in [1.82, 2.24) is 0 Å². The van der Waals surface area contributed by atoms with E-state index < -0.39 is 0 Å². The summed E-state index contributed by atoms with van der Waals surface area (Å²) in [5.74, 6) is 5.47. The van der Waals surface area contributed by atoms with Gasteiger partial charge in [-0.1, -0.05) is 17.0 Å². The molecule has 0 aliphatic rings. The minimum Gasteiger partial charge on any atom is -0.503 e. The number of methoxy groups -OCH3 is 1. The fourth-order valence-corrected chi connectivity index (χ4v) is 1.28. The number of hydrogen-bond acceptors (Lipinski definition) is 4. The number of azide groups is 1. The summed E-state index contributed by atoms with van der Waals surface area (Å²) in [6.07, 6.45) is 0.954. The largest absolute Gasteiger partial charge is 0.503 e. The fourth-order valence-electron chi connectivity index (χ4n) is 1.28. The molecule has 0 heterocycles. The molecule has 1 rings (SSSR count). The summed E-state index contributed by atoms with van der Waals surface area (Å²) in [7, 11) is 1.41. The van der Waals surface area contributed by atoms with Gasteiger partial charge < -0.3 is 9.84 Å². The van der Waals surface area contributed by atoms with Crippen molar-refractivity contribution in [2.24, 2.45) is 5.11 Å². The molecule has 0 saturated heterocycles. The lowest BCUT2D eigenvalue weighted by molar-refractivity contribution is 0.112. The van der Waals surface area contributed by atoms with Crippen LogP contribution in [0.4, 0.5) is 0 Å². The number of hydrogen-bond donors (Lipinski definition) is 1. The summed E-state index contributed by atoms with van der Waals surface area (Å²) in [4.78, 5) is 13.4. The van der Waals surface area contributed by atoms with E-state index in [4.69, 9.17) is 10.3 Å². The molecular formula is C12H11N3O3. The molecule has 0 spiro atoms. The number of carbonyl (C=O) groups excluding carboxylic acids is 1. The van der Waals surface area contributed by atoms with Crippen LogP contribution in [0.5, 0.6) is 11.5 Å². The highest BCUT2D eigenvalue weighted by Crippen LogP contribution is 2.30. The smallest absolute Gasteiger partial charge is 0.174 e. The number of carbonyl (C=O) groups is 1. The van der Waals surface area contributed by atoms with E-state index in [1.54, 1.807) is 0 Å². The number of benzene rings is 1. The topological polar surface area (TPSA) is 95.3 Å². The molecule has 0 unspecified atom stereocenters. The van der Waals surface area contributed by atoms with Gasteiger partial charge in [0, 0.05) is 23.4 Å². The van der Waals surface area contributed by atoms with Crippen LogP contribution in [0.2, 0.25) is 0 Å². The van der Waals surface area contributed by atoms with E-state index in [-0.39, 0.29) is 29.2 Å². The number of phenolic OH excluding ortho intramolecular Hbond substituents is 1. The Morgan fingerprint density at radius 1 is 1.61 bits per heavy atom. The van der Waals surface area contributed by atoms with Crippen molar-refractivity contribution in [1.29, 1.82) is 0 Å². The van der Waals surface area contributed by atoms with Crippen molar-refractivity contribution in [2.45, 2.75) is 6.42 Å². The van der Waals surface area contributed by atoms with Crippen molar-refractivity contribution >= 4 is 6.29 Å². The predicted octanol–water partition coefficient (Wildman–Crippen LogP) is 2.27. The van der Waals surface area contributed by atoms with E-state index >= 15 is 0 Å². The third-order valence-corrected chi connectivity index (χ3v) is 2.13. The van der Waals surface area contributed by atoms with E-state index in [0.717, 1.165) is 0 Å². The molecule has 0 fully saturated rings. The zero-order valence-corrected chi connectivity index (χ0v) is 9.75. The van der Waals surface area contributed by atoms with Gasteiger partial charge in [0.05, 0.1) is 12.7 Å². The Morgan fingerprint density at radius 2 is 2.39 bits per heavy atom. The Labute approximate surface area is 104 Å². The van der Waals surface area contributed by atoms with Gasteiger partial charge in [-0.05, 0) is 17.7 Å². The Kier molecular flexibility index (Phi) is 5.10. The lowest BCUT2D eigenvalue weighted by atomic mass is 10.1. The van der Waals surface area contributed by atoms with E-state index in [1.165, 1.54) is 19.2 Å². The minimum absolute atomic E-state index is 0.168. The van der Waals surface area contributed by atoms with Gasteiger partial charge in [0.1, 0.15) is 0 Å². The standard InChI is InChI=1S/C12H11N3O3/c1-18-11-6-5-9(8-16)10(12(11)17)4-2-3-7-14-15-13/h5-6,8,17H,3,7H2,1H3. The first-order valence-corrected chi connectivity index (χ1v) is 5.09. The third kappa shape index (κ3) is 3.17. The number of phenols is 1. The summed E-state index contributed by atoms with van der Waals surface area (Å²) in [6.45, 7) is 0.241. The normalized spacial score (nSPS) is 8.72. The Balaban J connectivity index is 3.04. The maximum atomic E-state index is 10.8. The summed E-state index contributed by atoms with van der Waals surface area (Å²) in [5, 5.41) is 13.2. The number of rotatable bonds is 4. The van der Waals surface area contributed by atoms with Gasteiger partial charge in [-0.3, -0.25) is 4.79 Å². The molecule has 0 atom stereocenters. The van der Waals surface area contributed by atoms with Crippen LogP contribution in [-0.2, 0) is 0 Å². The monoisotopic (exact) mass is 245 g/mol. The maximum absolute atomic E-state index is 10.8. The Bertz CT molecular complexity index is 552. The summed E-state index contributed by atoms with van der Waals surface area (Å²) < 4.78 is 4.93. The second kappa shape index (κ2) is 6.84. The van der Waals surface area contributed by atoms with Crippen LogP contribution in [0.25, 0.3) is 10.4 Å². The average Bonchev–Trinajstić information content (AvgIpc) is 2.39. The molecule has 1 aromatic rings. The van der Waals surface area contributed by atoms with E-state index in [1.807, 2.05) is 0 Å². The number of aldehydes is 1. The van der Waals surface area contributed by atoms with E-state index in [9.17, 15) is 9.90 Å². The van der Waals surface area contributed by atoms with Gasteiger partial charge in [0.15, 0.2) is 17.8 Å². The van der Waals surface area contributed by atoms with Crippen molar-refractivity contribution < 1.29 is 14.6 Å². The van der Waals surface area contributed by atoms with Gasteiger partial charge in [0.25, 0.3) is 0 Å². The third-order valence-electron chi connectivity index (χ3n) is 2.13. The molecule has 0 bridgehead atoms. The van der Waals surface area contributed by atoms with Crippen molar-refractivity contribution in [2.75, 3.05) is 13.7 Å². The zero-order valence-electron chi connectivity index (χ0n) is 9.75. The molecule has 0 amide bonds. The van der Waals surface area contributed by atoms with E-state index in [2.05, 4.69) is 21.9 Å². The lowest BCUT2D eigenvalue weighted by Gasteiger charge is -2.06. The van der Waals surface area contributed by atoms with Crippen molar-refractivity contribution in [3.05, 3.63) is 33.7 Å². The predicted molar refractivity (Wildman–Crippen MR) is 65.6 cm³/mol. The molecule has 1 N–H and O–H groups in total. The van der Waals surface area contributed by atoms with Crippen LogP contribution in [0.15, 0.2) is 17.2 Å². The number of ether oxygens (including phenoxy) is 1. The van der Waals surface area contributed by atoms with Crippen LogP contribution >= 0.6 is 0 Å². The van der Waals surface area contributed by atoms with Gasteiger partial charge in [-0.25, -0.2) is 0 Å². The average molecular weight is 245 g/mol. The zero-order chi connectivity index (χ0) is 13.4. The summed E-state index contributed by atoms with van der Waals surface area (Å²) in [6, 6.07) is 3.01. The highest BCUT2D eigenvalue weighted by Gasteiger charge is 2.10. The highest BCUT2D eigenvalue weighted by atomic mass is 16.5. The number of aromatic hydroxyl groups is 1. The fraction of sp³-hybridized carbons (Fsp3) is 0.250. The number of nitrogens with zero attached hydrogens (tertiary/aromatic N) is 3. The van der Waals surface area contributed by atoms with Crippen LogP contribution in [-0.4, -0.2) is 25.0 Å². The molecular weight excluding hydrogens is 234 g/mol. The van der Waals surface area contributed by atoms with Crippen LogP contribution in [0.3, 0.4) is 0 Å². The van der Waals surface area contributed by atoms with Crippen LogP contribution < -0.4 is 4.74 Å². The second-order valence-electron chi connectivity index (χ2n) is 3.20. The molecule has 0 saturated carbocycles. The minimum atomic E-state index is -0.168. The van der Waals surface area contributed by atoms with Crippen molar-refractivity contribution in [3.63, 3.8) is 0 Å². The van der Waals surface area contributed by atoms with Gasteiger partial charge in [-0.2, -0.15) is 0 Å². The van der Waals surface area contributed by atoms with Crippen LogP contribution in [0, 0.1) is 11.8 Å². The van der Waals surface area contributed by atoms with Gasteiger partial charge in [-0.15, -0.1) is 0 Å². The van der Waals surface area contributed by atoms with E-state index in [0.29, 0.717) is 12.7 Å². The second-order valence-corrected chi connectivity index (χ2v) is 3.20. The highest BCUT2D eigenvalue weighted by molar-refractivity contribution is 5.82. The first-order chi connectivity index (χ1) is 8.74. The molecule has 0 radical (unpaired) electrons. The molecule has 0 aliphatic heterocycles. The van der Waals surface area contributed by atoms with Gasteiger partial charge in [0.2, 0.25) is 0 Å². The Hall–Kier alpha value is -2.64. The molecule has 0 aromatic heterocycles. The molecule has 18 heavy (non-hydrogen) atoms. The quantitative estimate of drug-likeness (QED) is 0.220. The molecule has 92 valence electrons. The van der Waals surface area contributed by atoms with Crippen molar-refractivity contribution in [3.8, 4) is 23.3 Å². The lowest BCUT2D eigenvalue weighted by Crippen LogP contribution is -1.92. The van der Waals surface area contributed by atoms with Gasteiger partial charge >= 0.3 is 0 Å². The van der Waals surface area contributed by atoms with Crippen LogP contribution in [0.1, 0.15) is 22.3 Å². The summed E-state index contributed by atoms with van der Waals surface area (Å²) >= 11 is 0. The summed E-state index contributed by atoms with van der Waals surface area (Å²) in [5.41, 5.74) is 8.58. The molecule has 0 aliphatic carbocycles. The molecule has 6 heteroatoms. The molecule has 6 nitrogen and oxygen atoms in total. The first kappa shape index (κ1) is 13.4.